The van der Waals surface area contributed by atoms with E-state index < -0.39 is 0 Å². The van der Waals surface area contributed by atoms with Crippen LogP contribution in [0.4, 0.5) is 5.69 Å². The van der Waals surface area contributed by atoms with E-state index in [1.807, 2.05) is 18.2 Å². The number of ether oxygens (including phenoxy) is 2. The Morgan fingerprint density at radius 3 is 2.68 bits per heavy atom. The summed E-state index contributed by atoms with van der Waals surface area (Å²) >= 11 is 7.42. The maximum atomic E-state index is 12.0. The van der Waals surface area contributed by atoms with Crippen molar-refractivity contribution in [3.8, 4) is 11.5 Å². The Kier molecular flexibility index (Phi) is 5.91. The van der Waals surface area contributed by atoms with E-state index in [-0.39, 0.29) is 11.7 Å². The Morgan fingerprint density at radius 2 is 2.05 bits per heavy atom. The molecule has 0 fully saturated rings. The average molecular weight is 339 g/mol. The Bertz CT molecular complexity index is 653. The summed E-state index contributed by atoms with van der Waals surface area (Å²) in [6, 6.07) is 8.78. The molecule has 0 aliphatic rings. The highest BCUT2D eigenvalue weighted by molar-refractivity contribution is 7.99. The molecule has 0 saturated carbocycles. The lowest BCUT2D eigenvalue weighted by Gasteiger charge is -2.13. The van der Waals surface area contributed by atoms with Crippen LogP contribution < -0.4 is 14.8 Å². The summed E-state index contributed by atoms with van der Waals surface area (Å²) in [4.78, 5) is 16.2. The number of anilines is 1. The lowest BCUT2D eigenvalue weighted by atomic mass is 10.2. The number of pyridine rings is 1. The number of nitrogens with one attached hydrogen (secondary N) is 1. The van der Waals surface area contributed by atoms with Crippen LogP contribution in [0.3, 0.4) is 0 Å². The highest BCUT2D eigenvalue weighted by atomic mass is 35.5. The van der Waals surface area contributed by atoms with Crippen LogP contribution in [-0.4, -0.2) is 30.9 Å². The molecule has 5 nitrogen and oxygen atoms in total. The summed E-state index contributed by atoms with van der Waals surface area (Å²) in [5, 5.41) is 3.96. The van der Waals surface area contributed by atoms with Crippen molar-refractivity contribution in [1.29, 1.82) is 0 Å². The minimum atomic E-state index is -0.171. The van der Waals surface area contributed by atoms with Gasteiger partial charge in [0.25, 0.3) is 0 Å². The monoisotopic (exact) mass is 338 g/mol. The first-order valence-corrected chi connectivity index (χ1v) is 7.75. The number of thioether (sulfide) groups is 1. The zero-order chi connectivity index (χ0) is 15.9. The molecule has 1 N–H and O–H groups in total. The van der Waals surface area contributed by atoms with Crippen LogP contribution in [0, 0.1) is 0 Å². The molecule has 0 aliphatic carbocycles. The number of amides is 1. The minimum absolute atomic E-state index is 0.171. The lowest BCUT2D eigenvalue weighted by Crippen LogP contribution is -2.15. The second-order valence-corrected chi connectivity index (χ2v) is 5.59. The van der Waals surface area contributed by atoms with Gasteiger partial charge in [0.05, 0.1) is 35.7 Å². The smallest absolute Gasteiger partial charge is 0.234 e. The van der Waals surface area contributed by atoms with Crippen molar-refractivity contribution in [2.75, 3.05) is 25.3 Å². The van der Waals surface area contributed by atoms with Crippen LogP contribution in [-0.2, 0) is 4.79 Å². The van der Waals surface area contributed by atoms with Crippen LogP contribution in [0.1, 0.15) is 0 Å². The third kappa shape index (κ3) is 4.29. The fourth-order valence-corrected chi connectivity index (χ4v) is 2.62. The topological polar surface area (TPSA) is 60.5 Å². The van der Waals surface area contributed by atoms with Gasteiger partial charge in [0, 0.05) is 12.3 Å². The molecule has 22 heavy (non-hydrogen) atoms. The quantitative estimate of drug-likeness (QED) is 0.817. The highest BCUT2D eigenvalue weighted by Gasteiger charge is 2.12. The standard InChI is InChI=1S/C15H15ClN2O3S/c1-20-12-8-13(21-2)11(7-10(12)16)18-14(19)9-22-15-5-3-4-6-17-15/h3-8H,9H2,1-2H3,(H,18,19). The summed E-state index contributed by atoms with van der Waals surface area (Å²) in [7, 11) is 3.03. The van der Waals surface area contributed by atoms with Crippen molar-refractivity contribution < 1.29 is 14.3 Å². The van der Waals surface area contributed by atoms with Gasteiger partial charge in [0.2, 0.25) is 5.91 Å². The van der Waals surface area contributed by atoms with Crippen molar-refractivity contribution in [2.24, 2.45) is 0 Å². The fourth-order valence-electron chi connectivity index (χ4n) is 1.72. The number of halogens is 1. The molecule has 1 aromatic carbocycles. The van der Waals surface area contributed by atoms with Crippen LogP contribution in [0.25, 0.3) is 0 Å². The number of hydrogen-bond donors (Lipinski definition) is 1. The van der Waals surface area contributed by atoms with Gasteiger partial charge < -0.3 is 14.8 Å². The summed E-state index contributed by atoms with van der Waals surface area (Å²) < 4.78 is 10.3. The zero-order valence-electron chi connectivity index (χ0n) is 12.1. The lowest BCUT2D eigenvalue weighted by molar-refractivity contribution is -0.113. The van der Waals surface area contributed by atoms with Gasteiger partial charge in [-0.15, -0.1) is 0 Å². The molecule has 116 valence electrons. The van der Waals surface area contributed by atoms with E-state index in [4.69, 9.17) is 21.1 Å². The van der Waals surface area contributed by atoms with Gasteiger partial charge in [-0.1, -0.05) is 29.4 Å². The van der Waals surface area contributed by atoms with E-state index in [0.29, 0.717) is 22.2 Å². The van der Waals surface area contributed by atoms with Crippen LogP contribution >= 0.6 is 23.4 Å². The van der Waals surface area contributed by atoms with Crippen molar-refractivity contribution >= 4 is 35.0 Å². The third-order valence-corrected chi connectivity index (χ3v) is 3.98. The average Bonchev–Trinajstić information content (AvgIpc) is 2.54. The number of hydrogen-bond acceptors (Lipinski definition) is 5. The molecule has 1 aromatic heterocycles. The molecule has 2 rings (SSSR count). The van der Waals surface area contributed by atoms with E-state index in [9.17, 15) is 4.79 Å². The first-order chi connectivity index (χ1) is 10.6. The summed E-state index contributed by atoms with van der Waals surface area (Å²) in [6.45, 7) is 0. The van der Waals surface area contributed by atoms with Gasteiger partial charge in [-0.3, -0.25) is 4.79 Å². The van der Waals surface area contributed by atoms with Crippen molar-refractivity contribution in [1.82, 2.24) is 4.98 Å². The number of nitrogens with zero attached hydrogens (tertiary/aromatic N) is 1. The number of rotatable bonds is 6. The van der Waals surface area contributed by atoms with E-state index in [1.165, 1.54) is 26.0 Å². The summed E-state index contributed by atoms with van der Waals surface area (Å²) in [5.74, 6) is 1.04. The van der Waals surface area contributed by atoms with E-state index >= 15 is 0 Å². The number of methoxy groups -OCH3 is 2. The van der Waals surface area contributed by atoms with Gasteiger partial charge in [0.1, 0.15) is 11.5 Å². The molecule has 0 bridgehead atoms. The Labute approximate surface area is 138 Å². The maximum absolute atomic E-state index is 12.0. The van der Waals surface area contributed by atoms with Gasteiger partial charge in [0.15, 0.2) is 0 Å². The second-order valence-electron chi connectivity index (χ2n) is 4.19. The normalized spacial score (nSPS) is 10.1. The predicted molar refractivity (Wildman–Crippen MR) is 88.1 cm³/mol. The van der Waals surface area contributed by atoms with Gasteiger partial charge >= 0.3 is 0 Å². The third-order valence-electron chi connectivity index (χ3n) is 2.74. The SMILES string of the molecule is COc1cc(OC)c(NC(=O)CSc2ccccn2)cc1Cl. The van der Waals surface area contributed by atoms with Crippen molar-refractivity contribution in [3.63, 3.8) is 0 Å². The van der Waals surface area contributed by atoms with E-state index in [2.05, 4.69) is 10.3 Å². The molecular formula is C15H15ClN2O3S. The first kappa shape index (κ1) is 16.5. The van der Waals surface area contributed by atoms with E-state index in [0.717, 1.165) is 5.03 Å². The zero-order valence-corrected chi connectivity index (χ0v) is 13.7. The molecule has 0 unspecified atom stereocenters. The molecule has 0 atom stereocenters. The molecule has 0 saturated heterocycles. The highest BCUT2D eigenvalue weighted by Crippen LogP contribution is 2.35. The van der Waals surface area contributed by atoms with Crippen LogP contribution in [0.5, 0.6) is 11.5 Å². The molecule has 0 radical (unpaired) electrons. The number of aromatic nitrogens is 1. The predicted octanol–water partition coefficient (Wildman–Crippen LogP) is 3.48. The first-order valence-electron chi connectivity index (χ1n) is 6.39. The molecular weight excluding hydrogens is 324 g/mol. The van der Waals surface area contributed by atoms with Crippen molar-refractivity contribution in [2.45, 2.75) is 5.03 Å². The van der Waals surface area contributed by atoms with Crippen LogP contribution in [0.2, 0.25) is 5.02 Å². The Morgan fingerprint density at radius 1 is 1.27 bits per heavy atom. The second kappa shape index (κ2) is 7.91. The molecule has 2 aromatic rings. The summed E-state index contributed by atoms with van der Waals surface area (Å²) in [5.41, 5.74) is 0.500. The molecule has 0 aliphatic heterocycles. The Balaban J connectivity index is 2.03. The van der Waals surface area contributed by atoms with Gasteiger partial charge in [-0.2, -0.15) is 0 Å². The Hall–Kier alpha value is -1.92. The summed E-state index contributed by atoms with van der Waals surface area (Å²) in [6.07, 6.45) is 1.69. The van der Waals surface area contributed by atoms with Crippen molar-refractivity contribution in [3.05, 3.63) is 41.6 Å². The van der Waals surface area contributed by atoms with Gasteiger partial charge in [-0.05, 0) is 18.2 Å². The minimum Gasteiger partial charge on any atom is -0.495 e. The molecule has 7 heteroatoms. The number of carbonyl (C=O) groups is 1. The molecule has 1 amide bonds. The van der Waals surface area contributed by atoms with Crippen LogP contribution in [0.15, 0.2) is 41.6 Å². The fraction of sp³-hybridized carbons (Fsp3) is 0.200. The van der Waals surface area contributed by atoms with Gasteiger partial charge in [-0.25, -0.2) is 4.98 Å². The largest absolute Gasteiger partial charge is 0.495 e. The molecule has 0 spiro atoms. The number of carbonyl (C=O) groups excluding carboxylic acids is 1. The maximum Gasteiger partial charge on any atom is 0.234 e. The number of benzene rings is 1. The molecule has 1 heterocycles. The van der Waals surface area contributed by atoms with E-state index in [1.54, 1.807) is 18.3 Å².